The van der Waals surface area contributed by atoms with Crippen LogP contribution in [-0.4, -0.2) is 14.1 Å². The van der Waals surface area contributed by atoms with E-state index in [-0.39, 0.29) is 22.3 Å². The van der Waals surface area contributed by atoms with E-state index in [1.807, 2.05) is 14.1 Å². The second-order valence-electron chi connectivity index (χ2n) is 2.23. The second kappa shape index (κ2) is 36.2. The summed E-state index contributed by atoms with van der Waals surface area (Å²) >= 11 is 0. The largest absolute Gasteiger partial charge is 0.323 e. The minimum absolute atomic E-state index is 0. The minimum atomic E-state index is 0. The maximum absolute atomic E-state index is 2.75. The fourth-order valence-electron chi connectivity index (χ4n) is 0. The highest BCUT2D eigenvalue weighted by Crippen LogP contribution is 1.81. The minimum Gasteiger partial charge on any atom is -0.323 e. The third kappa shape index (κ3) is 241000. The van der Waals surface area contributed by atoms with Crippen LogP contribution in [0.5, 0.6) is 0 Å². The van der Waals surface area contributed by atoms with Crippen LogP contribution >= 0.6 is 0 Å². The molecule has 0 atom stereocenters. The summed E-state index contributed by atoms with van der Waals surface area (Å²) in [5.41, 5.74) is 0. The first-order valence-electron chi connectivity index (χ1n) is 2.73. The van der Waals surface area contributed by atoms with Crippen LogP contribution in [0, 0.1) is 5.92 Å². The molecule has 0 bridgehead atoms. The first-order chi connectivity index (χ1) is 3.15. The Balaban J connectivity index is -0.0000000131. The zero-order chi connectivity index (χ0) is 6.28. The number of hydrogen-bond acceptors (Lipinski definition) is 1. The van der Waals surface area contributed by atoms with Crippen molar-refractivity contribution >= 4 is 0 Å². The Labute approximate surface area is 69.2 Å². The van der Waals surface area contributed by atoms with Crippen LogP contribution < -0.4 is 5.32 Å². The molecule has 0 aliphatic rings. The van der Waals surface area contributed by atoms with Gasteiger partial charge in [0.1, 0.15) is 0 Å². The summed E-state index contributed by atoms with van der Waals surface area (Å²) in [5.74, 6) is 0.833. The number of rotatable bonds is 0. The lowest BCUT2D eigenvalue weighted by atomic mass is 10.3. The SMILES string of the molecule is C.C.C.CC(C)C.CNC. The van der Waals surface area contributed by atoms with Crippen LogP contribution in [0.3, 0.4) is 0 Å². The predicted molar refractivity (Wildman–Crippen MR) is 55.7 cm³/mol. The quantitative estimate of drug-likeness (QED) is 0.559. The van der Waals surface area contributed by atoms with E-state index in [1.54, 1.807) is 0 Å². The molecule has 10 heavy (non-hydrogen) atoms. The van der Waals surface area contributed by atoms with Gasteiger partial charge in [-0.05, 0) is 20.0 Å². The summed E-state index contributed by atoms with van der Waals surface area (Å²) in [6.45, 7) is 6.50. The summed E-state index contributed by atoms with van der Waals surface area (Å²) in [6, 6.07) is 0. The normalized spacial score (nSPS) is 5.40. The molecule has 0 rings (SSSR count). The molecular formula is C9H29N. The first kappa shape index (κ1) is 32.5. The van der Waals surface area contributed by atoms with E-state index in [9.17, 15) is 0 Å². The molecule has 0 aliphatic carbocycles. The Morgan fingerprint density at radius 3 is 0.800 bits per heavy atom. The van der Waals surface area contributed by atoms with E-state index >= 15 is 0 Å². The summed E-state index contributed by atoms with van der Waals surface area (Å²) in [4.78, 5) is 0. The van der Waals surface area contributed by atoms with Crippen molar-refractivity contribution in [2.45, 2.75) is 43.1 Å². The monoisotopic (exact) mass is 151 g/mol. The molecule has 0 saturated carbocycles. The summed E-state index contributed by atoms with van der Waals surface area (Å²) in [5, 5.41) is 2.75. The van der Waals surface area contributed by atoms with Gasteiger partial charge in [-0.1, -0.05) is 43.1 Å². The number of hydrogen-bond donors (Lipinski definition) is 1. The molecular weight excluding hydrogens is 122 g/mol. The average molecular weight is 151 g/mol. The molecule has 1 heteroatoms. The van der Waals surface area contributed by atoms with E-state index in [0.717, 1.165) is 5.92 Å². The third-order valence-corrected chi connectivity index (χ3v) is 0. The first-order valence-corrected chi connectivity index (χ1v) is 2.73. The van der Waals surface area contributed by atoms with Crippen molar-refractivity contribution in [1.29, 1.82) is 0 Å². The molecule has 0 spiro atoms. The molecule has 70 valence electrons. The van der Waals surface area contributed by atoms with E-state index in [2.05, 4.69) is 26.1 Å². The van der Waals surface area contributed by atoms with Gasteiger partial charge in [0.25, 0.3) is 0 Å². The molecule has 0 amide bonds. The van der Waals surface area contributed by atoms with Crippen molar-refractivity contribution in [3.63, 3.8) is 0 Å². The third-order valence-electron chi connectivity index (χ3n) is 0. The summed E-state index contributed by atoms with van der Waals surface area (Å²) < 4.78 is 0. The highest BCUT2D eigenvalue weighted by molar-refractivity contribution is 4.20. The van der Waals surface area contributed by atoms with Gasteiger partial charge in [-0.2, -0.15) is 0 Å². The average Bonchev–Trinajstić information content (AvgIpc) is 1.33. The van der Waals surface area contributed by atoms with E-state index in [1.165, 1.54) is 0 Å². The summed E-state index contributed by atoms with van der Waals surface area (Å²) in [7, 11) is 3.75. The van der Waals surface area contributed by atoms with Crippen molar-refractivity contribution in [2.75, 3.05) is 14.1 Å². The molecule has 0 heterocycles. The van der Waals surface area contributed by atoms with Crippen LogP contribution in [0.15, 0.2) is 0 Å². The van der Waals surface area contributed by atoms with Crippen molar-refractivity contribution in [3.8, 4) is 0 Å². The maximum Gasteiger partial charge on any atom is -0.0167 e. The highest BCUT2D eigenvalue weighted by atomic mass is 14.7. The van der Waals surface area contributed by atoms with Gasteiger partial charge in [0.15, 0.2) is 0 Å². The van der Waals surface area contributed by atoms with E-state index < -0.39 is 0 Å². The summed E-state index contributed by atoms with van der Waals surface area (Å²) in [6.07, 6.45) is 0. The van der Waals surface area contributed by atoms with Crippen molar-refractivity contribution < 1.29 is 0 Å². The Bertz CT molecular complexity index is 15.9. The Morgan fingerprint density at radius 2 is 0.800 bits per heavy atom. The van der Waals surface area contributed by atoms with Crippen LogP contribution in [0.2, 0.25) is 0 Å². The van der Waals surface area contributed by atoms with Gasteiger partial charge in [-0.15, -0.1) is 0 Å². The zero-order valence-electron chi connectivity index (χ0n) is 6.08. The van der Waals surface area contributed by atoms with Gasteiger partial charge in [-0.3, -0.25) is 0 Å². The van der Waals surface area contributed by atoms with E-state index in [0.29, 0.717) is 0 Å². The standard InChI is InChI=1S/C4H10.C2H7N.3CH4/c1-4(2)3;1-3-2;;;/h4H,1-3H3;3H,1-2H3;3*1H4. The molecule has 0 saturated heterocycles. The van der Waals surface area contributed by atoms with Gasteiger partial charge in [0, 0.05) is 0 Å². The molecule has 0 aliphatic heterocycles. The Kier molecular flexibility index (Phi) is 118. The smallest absolute Gasteiger partial charge is 0.0167 e. The van der Waals surface area contributed by atoms with Crippen molar-refractivity contribution in [1.82, 2.24) is 5.32 Å². The lowest BCUT2D eigenvalue weighted by Crippen LogP contribution is -1.89. The van der Waals surface area contributed by atoms with Crippen LogP contribution in [0.25, 0.3) is 0 Å². The van der Waals surface area contributed by atoms with Crippen molar-refractivity contribution in [2.24, 2.45) is 5.92 Å². The maximum atomic E-state index is 2.75. The molecule has 0 aromatic heterocycles. The molecule has 1 nitrogen and oxygen atoms in total. The van der Waals surface area contributed by atoms with Gasteiger partial charge < -0.3 is 5.32 Å². The zero-order valence-corrected chi connectivity index (χ0v) is 6.08. The predicted octanol–water partition coefficient (Wildman–Crippen LogP) is 3.41. The topological polar surface area (TPSA) is 12.0 Å². The lowest BCUT2D eigenvalue weighted by molar-refractivity contribution is 0.737. The number of nitrogens with one attached hydrogen (secondary N) is 1. The molecule has 0 fully saturated rings. The molecule has 1 N–H and O–H groups in total. The highest BCUT2D eigenvalue weighted by Gasteiger charge is 1.68. The van der Waals surface area contributed by atoms with Crippen LogP contribution in [-0.2, 0) is 0 Å². The molecule has 0 aromatic rings. The fraction of sp³-hybridized carbons (Fsp3) is 1.00. The molecule has 0 radical (unpaired) electrons. The van der Waals surface area contributed by atoms with Gasteiger partial charge in [0.05, 0.1) is 0 Å². The van der Waals surface area contributed by atoms with Crippen LogP contribution in [0.1, 0.15) is 43.1 Å². The Morgan fingerprint density at radius 1 is 0.800 bits per heavy atom. The molecule has 0 unspecified atom stereocenters. The van der Waals surface area contributed by atoms with E-state index in [4.69, 9.17) is 0 Å². The lowest BCUT2D eigenvalue weighted by Gasteiger charge is -1.79. The van der Waals surface area contributed by atoms with Gasteiger partial charge in [0.2, 0.25) is 0 Å². The van der Waals surface area contributed by atoms with Crippen LogP contribution in [0.4, 0.5) is 0 Å². The Hall–Kier alpha value is -0.0400. The second-order valence-corrected chi connectivity index (χ2v) is 2.23. The fourth-order valence-corrected chi connectivity index (χ4v) is 0. The van der Waals surface area contributed by atoms with Gasteiger partial charge in [-0.25, -0.2) is 0 Å². The van der Waals surface area contributed by atoms with Crippen molar-refractivity contribution in [3.05, 3.63) is 0 Å². The van der Waals surface area contributed by atoms with Gasteiger partial charge >= 0.3 is 0 Å². The molecule has 0 aromatic carbocycles.